The summed E-state index contributed by atoms with van der Waals surface area (Å²) in [5, 5.41) is 11.6. The van der Waals surface area contributed by atoms with Crippen LogP contribution in [0.1, 0.15) is 75.9 Å². The number of amides is 2. The van der Waals surface area contributed by atoms with Crippen LogP contribution in [0.25, 0.3) is 0 Å². The fourth-order valence-corrected chi connectivity index (χ4v) is 5.70. The van der Waals surface area contributed by atoms with Gasteiger partial charge in [-0.3, -0.25) is 19.4 Å². The summed E-state index contributed by atoms with van der Waals surface area (Å²) in [5.41, 5.74) is 3.06. The van der Waals surface area contributed by atoms with Gasteiger partial charge in [0, 0.05) is 21.8 Å². The molecule has 2 amide bonds. The number of hydrogen-bond donors (Lipinski definition) is 2. The molecule has 1 aliphatic heterocycles. The number of halogens is 3. The Kier molecular flexibility index (Phi) is 10.5. The predicted octanol–water partition coefficient (Wildman–Crippen LogP) is 8.17. The number of amidine groups is 1. The molecule has 11 heteroatoms. The van der Waals surface area contributed by atoms with Crippen molar-refractivity contribution in [2.45, 2.75) is 65.2 Å². The summed E-state index contributed by atoms with van der Waals surface area (Å²) in [6, 6.07) is 15.5. The monoisotopic (exact) mass is 670 g/mol. The maximum Gasteiger partial charge on any atom is 0.262 e. The first-order valence-corrected chi connectivity index (χ1v) is 15.8. The van der Waals surface area contributed by atoms with Crippen LogP contribution in [0, 0.1) is 0 Å². The molecule has 4 rings (SSSR count). The van der Waals surface area contributed by atoms with Gasteiger partial charge in [0.05, 0.1) is 15.7 Å². The van der Waals surface area contributed by atoms with E-state index in [9.17, 15) is 14.4 Å². The molecule has 1 aliphatic rings. The van der Waals surface area contributed by atoms with Crippen LogP contribution < -0.4 is 20.4 Å². The number of nitrogens with zero attached hydrogens (tertiary/aromatic N) is 2. The van der Waals surface area contributed by atoms with E-state index in [2.05, 4.69) is 69.4 Å². The van der Waals surface area contributed by atoms with E-state index < -0.39 is 11.7 Å². The topological polar surface area (TPSA) is 100 Å². The Morgan fingerprint density at radius 1 is 0.911 bits per heavy atom. The van der Waals surface area contributed by atoms with E-state index in [4.69, 9.17) is 39.5 Å². The van der Waals surface area contributed by atoms with Gasteiger partial charge in [0.15, 0.2) is 12.4 Å². The van der Waals surface area contributed by atoms with Crippen molar-refractivity contribution in [3.05, 3.63) is 86.4 Å². The standard InChI is InChI=1S/C34H37Cl3N4O4/c1-7-33(3,4)21-12-13-28(24(15-21)34(5,6)8-2)45-19-29(43)38-23-11-9-10-20(14-23)32(44)39-31-27(42)18-41(40-31)30-25(36)16-22(35)17-26(30)37/h9-17H,7-8,18-19H2,1-6H3,(H,38,43)(H,39,40,44). The lowest BCUT2D eigenvalue weighted by molar-refractivity contribution is -0.118. The minimum atomic E-state index is -0.578. The van der Waals surface area contributed by atoms with E-state index >= 15 is 0 Å². The van der Waals surface area contributed by atoms with E-state index in [-0.39, 0.29) is 51.3 Å². The Morgan fingerprint density at radius 2 is 1.58 bits per heavy atom. The van der Waals surface area contributed by atoms with Crippen LogP contribution in [-0.4, -0.2) is 36.6 Å². The minimum Gasteiger partial charge on any atom is -0.483 e. The highest BCUT2D eigenvalue weighted by Gasteiger charge is 2.30. The minimum absolute atomic E-state index is 0.0148. The van der Waals surface area contributed by atoms with Crippen LogP contribution in [-0.2, 0) is 20.4 Å². The number of anilines is 2. The summed E-state index contributed by atoms with van der Waals surface area (Å²) >= 11 is 18.5. The van der Waals surface area contributed by atoms with Gasteiger partial charge in [-0.15, -0.1) is 5.10 Å². The molecule has 0 atom stereocenters. The predicted molar refractivity (Wildman–Crippen MR) is 182 cm³/mol. The Labute approximate surface area is 279 Å². The SMILES string of the molecule is CCC(C)(C)c1ccc(OCC(=O)Nc2cccc(C(=O)NC3=NN(c4c(Cl)cc(Cl)cc4Cl)CC3=O)c2)c(C(C)(C)CC)c1. The molecule has 0 aromatic heterocycles. The van der Waals surface area contributed by atoms with Gasteiger partial charge < -0.3 is 15.4 Å². The molecule has 0 saturated heterocycles. The van der Waals surface area contributed by atoms with E-state index in [0.717, 1.165) is 18.4 Å². The molecule has 3 aromatic rings. The quantitative estimate of drug-likeness (QED) is 0.227. The number of carbonyl (C=O) groups excluding carboxylic acids is 3. The second-order valence-electron chi connectivity index (χ2n) is 12.2. The van der Waals surface area contributed by atoms with Gasteiger partial charge in [-0.05, 0) is 65.6 Å². The van der Waals surface area contributed by atoms with Crippen molar-refractivity contribution >= 4 is 69.6 Å². The van der Waals surface area contributed by atoms with Crippen LogP contribution in [0.5, 0.6) is 5.75 Å². The first-order valence-electron chi connectivity index (χ1n) is 14.7. The lowest BCUT2D eigenvalue weighted by Crippen LogP contribution is -2.35. The van der Waals surface area contributed by atoms with Crippen LogP contribution in [0.15, 0.2) is 59.7 Å². The number of rotatable bonds is 10. The van der Waals surface area contributed by atoms with Crippen LogP contribution >= 0.6 is 34.8 Å². The fourth-order valence-electron chi connectivity index (χ4n) is 4.69. The lowest BCUT2D eigenvalue weighted by Gasteiger charge is -2.30. The molecule has 0 unspecified atom stereocenters. The lowest BCUT2D eigenvalue weighted by atomic mass is 9.76. The van der Waals surface area contributed by atoms with Crippen LogP contribution in [0.4, 0.5) is 11.4 Å². The third-order valence-corrected chi connectivity index (χ3v) is 9.07. The number of nitrogens with one attached hydrogen (secondary N) is 2. The molecular formula is C34H37Cl3N4O4. The normalized spacial score (nSPS) is 13.5. The van der Waals surface area contributed by atoms with Gasteiger partial charge in [0.2, 0.25) is 5.78 Å². The van der Waals surface area contributed by atoms with Gasteiger partial charge in [-0.2, -0.15) is 0 Å². The Hall–Kier alpha value is -3.59. The summed E-state index contributed by atoms with van der Waals surface area (Å²) in [4.78, 5) is 38.6. The second kappa shape index (κ2) is 13.8. The van der Waals surface area contributed by atoms with Gasteiger partial charge in [0.1, 0.15) is 12.3 Å². The molecule has 45 heavy (non-hydrogen) atoms. The first kappa shape index (κ1) is 34.3. The highest BCUT2D eigenvalue weighted by Crippen LogP contribution is 2.39. The first-order chi connectivity index (χ1) is 21.1. The number of hydrogen-bond acceptors (Lipinski definition) is 6. The highest BCUT2D eigenvalue weighted by molar-refractivity contribution is 6.46. The molecule has 238 valence electrons. The van der Waals surface area contributed by atoms with E-state index in [1.165, 1.54) is 28.8 Å². The third kappa shape index (κ3) is 7.98. The zero-order chi connectivity index (χ0) is 33.1. The molecular weight excluding hydrogens is 635 g/mol. The van der Waals surface area contributed by atoms with Crippen LogP contribution in [0.2, 0.25) is 15.1 Å². The maximum atomic E-state index is 13.0. The van der Waals surface area contributed by atoms with Crippen LogP contribution in [0.3, 0.4) is 0 Å². The summed E-state index contributed by atoms with van der Waals surface area (Å²) in [6.45, 7) is 12.7. The molecule has 0 spiro atoms. The van der Waals surface area contributed by atoms with E-state index in [1.807, 2.05) is 6.07 Å². The number of ketones is 1. The number of ether oxygens (including phenoxy) is 1. The largest absolute Gasteiger partial charge is 0.483 e. The smallest absolute Gasteiger partial charge is 0.262 e. The van der Waals surface area contributed by atoms with Gasteiger partial charge in [-0.25, -0.2) is 0 Å². The van der Waals surface area contributed by atoms with Crippen molar-refractivity contribution in [2.75, 3.05) is 23.5 Å². The number of benzene rings is 3. The Morgan fingerprint density at radius 3 is 2.22 bits per heavy atom. The number of carbonyl (C=O) groups is 3. The van der Waals surface area contributed by atoms with E-state index in [0.29, 0.717) is 22.1 Å². The molecule has 2 N–H and O–H groups in total. The highest BCUT2D eigenvalue weighted by atomic mass is 35.5. The molecule has 0 saturated carbocycles. The van der Waals surface area contributed by atoms with Crippen molar-refractivity contribution in [1.82, 2.24) is 5.32 Å². The summed E-state index contributed by atoms with van der Waals surface area (Å²) in [6.07, 6.45) is 1.90. The molecule has 0 bridgehead atoms. The van der Waals surface area contributed by atoms with E-state index in [1.54, 1.807) is 18.2 Å². The van der Waals surface area contributed by atoms with Crippen molar-refractivity contribution in [1.29, 1.82) is 0 Å². The van der Waals surface area contributed by atoms with Crippen molar-refractivity contribution in [3.63, 3.8) is 0 Å². The Balaban J connectivity index is 1.43. The molecule has 0 fully saturated rings. The zero-order valence-corrected chi connectivity index (χ0v) is 28.5. The molecule has 3 aromatic carbocycles. The second-order valence-corrected chi connectivity index (χ2v) is 13.5. The number of hydrazone groups is 1. The average Bonchev–Trinajstić information content (AvgIpc) is 3.34. The fraction of sp³-hybridized carbons (Fsp3) is 0.353. The number of Topliss-reactive ketones (excluding diaryl/α,β-unsaturated/α-hetero) is 1. The molecule has 0 aliphatic carbocycles. The van der Waals surface area contributed by atoms with Crippen molar-refractivity contribution < 1.29 is 19.1 Å². The summed E-state index contributed by atoms with van der Waals surface area (Å²) in [7, 11) is 0. The van der Waals surface area contributed by atoms with Gasteiger partial charge >= 0.3 is 0 Å². The molecule has 0 radical (unpaired) electrons. The third-order valence-electron chi connectivity index (χ3n) is 8.28. The van der Waals surface area contributed by atoms with Gasteiger partial charge in [-0.1, -0.05) is 94.5 Å². The van der Waals surface area contributed by atoms with Crippen molar-refractivity contribution in [3.8, 4) is 5.75 Å². The average molecular weight is 672 g/mol. The maximum absolute atomic E-state index is 13.0. The van der Waals surface area contributed by atoms with Gasteiger partial charge in [0.25, 0.3) is 11.8 Å². The van der Waals surface area contributed by atoms with Crippen molar-refractivity contribution in [2.24, 2.45) is 5.10 Å². The Bertz CT molecular complexity index is 1650. The molecule has 1 heterocycles. The molecule has 8 nitrogen and oxygen atoms in total. The zero-order valence-electron chi connectivity index (χ0n) is 26.2. The summed E-state index contributed by atoms with van der Waals surface area (Å²) < 4.78 is 6.03. The summed E-state index contributed by atoms with van der Waals surface area (Å²) in [5.74, 6) is -0.884.